The van der Waals surface area contributed by atoms with Crippen molar-refractivity contribution in [2.24, 2.45) is 0 Å². The summed E-state index contributed by atoms with van der Waals surface area (Å²) in [4.78, 5) is 0. The van der Waals surface area contributed by atoms with Crippen LogP contribution in [0.1, 0.15) is 142 Å². The van der Waals surface area contributed by atoms with Gasteiger partial charge in [0.15, 0.2) is 5.76 Å². The van der Waals surface area contributed by atoms with Crippen LogP contribution in [0.2, 0.25) is 0 Å². The van der Waals surface area contributed by atoms with Gasteiger partial charge in [0, 0.05) is 6.42 Å². The van der Waals surface area contributed by atoms with Crippen LogP contribution in [0.15, 0.2) is 11.7 Å². The Labute approximate surface area is 163 Å². The summed E-state index contributed by atoms with van der Waals surface area (Å²) in [5.41, 5.74) is 0. The fourth-order valence-corrected chi connectivity index (χ4v) is 3.79. The van der Waals surface area contributed by atoms with Crippen LogP contribution in [0.3, 0.4) is 0 Å². The fraction of sp³-hybridized carbons (Fsp3) is 0.917. The molecule has 0 atom stereocenters. The Morgan fingerprint density at radius 2 is 0.769 bits per heavy atom. The molecule has 2 nitrogen and oxygen atoms in total. The normalized spacial score (nSPS) is 13.3. The first kappa shape index (κ1) is 23.4. The minimum atomic E-state index is 0.183. The quantitative estimate of drug-likeness (QED) is 0.206. The van der Waals surface area contributed by atoms with E-state index >= 15 is 0 Å². The lowest BCUT2D eigenvalue weighted by molar-refractivity contribution is 0.273. The minimum absolute atomic E-state index is 0.183. The lowest BCUT2D eigenvalue weighted by atomic mass is 10.0. The summed E-state index contributed by atoms with van der Waals surface area (Å²) in [6.45, 7) is 2.29. The molecule has 2 heteroatoms. The van der Waals surface area contributed by atoms with Gasteiger partial charge in [0.05, 0.1) is 0 Å². The summed E-state index contributed by atoms with van der Waals surface area (Å²) in [7, 11) is 0. The number of allylic oxidation sites excluding steroid dienone is 1. The number of ether oxygens (including phenoxy) is 1. The van der Waals surface area contributed by atoms with Crippen LogP contribution in [0, 0.1) is 0 Å². The number of aliphatic hydroxyl groups excluding tert-OH is 1. The smallest absolute Gasteiger partial charge is 0.322 e. The maximum atomic E-state index is 8.94. The van der Waals surface area contributed by atoms with E-state index < -0.39 is 0 Å². The highest BCUT2D eigenvalue weighted by Crippen LogP contribution is 2.28. The Kier molecular flexibility index (Phi) is 16.0. The summed E-state index contributed by atoms with van der Waals surface area (Å²) in [5, 5.41) is 8.94. The molecule has 1 aliphatic heterocycles. The third-order valence-corrected chi connectivity index (χ3v) is 5.67. The second-order valence-electron chi connectivity index (χ2n) is 8.30. The van der Waals surface area contributed by atoms with E-state index in [1.54, 1.807) is 0 Å². The van der Waals surface area contributed by atoms with E-state index in [9.17, 15) is 0 Å². The maximum absolute atomic E-state index is 8.94. The molecule has 0 aromatic carbocycles. The van der Waals surface area contributed by atoms with Gasteiger partial charge in [-0.1, -0.05) is 129 Å². The van der Waals surface area contributed by atoms with Crippen LogP contribution in [0.25, 0.3) is 0 Å². The average Bonchev–Trinajstić information content (AvgIpc) is 3.35. The van der Waals surface area contributed by atoms with Crippen LogP contribution in [0.4, 0.5) is 0 Å². The second-order valence-corrected chi connectivity index (χ2v) is 8.30. The summed E-state index contributed by atoms with van der Waals surface area (Å²) in [6.07, 6.45) is 29.2. The average molecular weight is 367 g/mol. The lowest BCUT2D eigenvalue weighted by Gasteiger charge is -2.04. The first-order valence-electron chi connectivity index (χ1n) is 11.9. The molecule has 1 heterocycles. The topological polar surface area (TPSA) is 32.8 Å². The minimum Gasteiger partial charge on any atom is -0.478 e. The van der Waals surface area contributed by atoms with Crippen LogP contribution in [-0.2, 0) is 4.74 Å². The van der Waals surface area contributed by atoms with E-state index in [2.05, 4.69) is 6.92 Å². The van der Waals surface area contributed by atoms with Gasteiger partial charge in [0.25, 0.3) is 0 Å². The van der Waals surface area contributed by atoms with Gasteiger partial charge >= 0.3 is 5.95 Å². The Morgan fingerprint density at radius 1 is 0.500 bits per heavy atom. The number of hydrogen-bond donors (Lipinski definition) is 1. The van der Waals surface area contributed by atoms with E-state index in [0.29, 0.717) is 0 Å². The molecule has 0 unspecified atom stereocenters. The van der Waals surface area contributed by atoms with Crippen LogP contribution >= 0.6 is 0 Å². The summed E-state index contributed by atoms with van der Waals surface area (Å²) >= 11 is 0. The molecule has 0 fully saturated rings. The fourth-order valence-electron chi connectivity index (χ4n) is 3.79. The van der Waals surface area contributed by atoms with Crippen molar-refractivity contribution in [3.05, 3.63) is 11.7 Å². The molecule has 1 rings (SSSR count). The van der Waals surface area contributed by atoms with Gasteiger partial charge in [0.1, 0.15) is 0 Å². The Hall–Kier alpha value is -0.660. The molecular weight excluding hydrogens is 320 g/mol. The molecule has 0 spiro atoms. The Bertz CT molecular complexity index is 335. The molecule has 0 aromatic heterocycles. The summed E-state index contributed by atoms with van der Waals surface area (Å²) < 4.78 is 4.85. The molecule has 154 valence electrons. The molecule has 1 N–H and O–H groups in total. The molecule has 0 bridgehead atoms. The highest BCUT2D eigenvalue weighted by molar-refractivity contribution is 5.08. The van der Waals surface area contributed by atoms with E-state index in [0.717, 1.165) is 18.6 Å². The largest absolute Gasteiger partial charge is 0.478 e. The van der Waals surface area contributed by atoms with Gasteiger partial charge < -0.3 is 9.84 Å². The maximum Gasteiger partial charge on any atom is 0.322 e. The second kappa shape index (κ2) is 17.7. The van der Waals surface area contributed by atoms with Gasteiger partial charge in [-0.3, -0.25) is 0 Å². The van der Waals surface area contributed by atoms with Crippen molar-refractivity contribution in [1.29, 1.82) is 0 Å². The zero-order valence-electron chi connectivity index (χ0n) is 17.7. The van der Waals surface area contributed by atoms with Crippen molar-refractivity contribution in [3.8, 4) is 0 Å². The van der Waals surface area contributed by atoms with Crippen molar-refractivity contribution < 1.29 is 9.84 Å². The molecule has 0 saturated heterocycles. The van der Waals surface area contributed by atoms with Crippen molar-refractivity contribution in [2.45, 2.75) is 142 Å². The molecule has 0 aliphatic carbocycles. The van der Waals surface area contributed by atoms with Gasteiger partial charge in [0.2, 0.25) is 0 Å². The van der Waals surface area contributed by atoms with Gasteiger partial charge in [-0.2, -0.15) is 0 Å². The van der Waals surface area contributed by atoms with E-state index in [1.807, 2.05) is 0 Å². The predicted molar refractivity (Wildman–Crippen MR) is 113 cm³/mol. The van der Waals surface area contributed by atoms with Crippen molar-refractivity contribution in [2.75, 3.05) is 0 Å². The van der Waals surface area contributed by atoms with Gasteiger partial charge in [-0.25, -0.2) is 0 Å². The molecule has 0 aromatic rings. The van der Waals surface area contributed by atoms with Gasteiger partial charge in [-0.05, 0) is 6.42 Å². The number of aliphatic hydroxyl groups is 1. The predicted octanol–water partition coefficient (Wildman–Crippen LogP) is 8.96. The van der Waals surface area contributed by atoms with Crippen LogP contribution in [0.5, 0.6) is 0 Å². The molecule has 1 aliphatic rings. The van der Waals surface area contributed by atoms with Crippen molar-refractivity contribution >= 4 is 0 Å². The number of rotatable bonds is 21. The molecular formula is C24H46O2. The van der Waals surface area contributed by atoms with Crippen molar-refractivity contribution in [3.63, 3.8) is 0 Å². The monoisotopic (exact) mass is 366 g/mol. The zero-order chi connectivity index (χ0) is 18.7. The molecule has 0 amide bonds. The molecule has 0 saturated carbocycles. The summed E-state index contributed by atoms with van der Waals surface area (Å²) in [6, 6.07) is 0. The van der Waals surface area contributed by atoms with Gasteiger partial charge in [-0.15, -0.1) is 0 Å². The highest BCUT2D eigenvalue weighted by atomic mass is 16.7. The highest BCUT2D eigenvalue weighted by Gasteiger charge is 2.22. The SMILES string of the molecule is CCCCCCCCCCCCCCCCCCCCCCC1=C(O)O1. The zero-order valence-corrected chi connectivity index (χ0v) is 17.7. The third-order valence-electron chi connectivity index (χ3n) is 5.67. The van der Waals surface area contributed by atoms with E-state index in [4.69, 9.17) is 9.84 Å². The van der Waals surface area contributed by atoms with E-state index in [-0.39, 0.29) is 5.95 Å². The summed E-state index contributed by atoms with van der Waals surface area (Å²) in [5.74, 6) is 1.01. The van der Waals surface area contributed by atoms with Crippen LogP contribution < -0.4 is 0 Å². The molecule has 0 radical (unpaired) electrons. The Balaban J connectivity index is 1.61. The van der Waals surface area contributed by atoms with Crippen LogP contribution in [-0.4, -0.2) is 5.11 Å². The first-order valence-corrected chi connectivity index (χ1v) is 11.9. The van der Waals surface area contributed by atoms with E-state index in [1.165, 1.54) is 122 Å². The molecule has 26 heavy (non-hydrogen) atoms. The number of hydrogen-bond acceptors (Lipinski definition) is 2. The number of unbranched alkanes of at least 4 members (excludes halogenated alkanes) is 19. The first-order chi connectivity index (χ1) is 12.8. The van der Waals surface area contributed by atoms with Crippen molar-refractivity contribution in [1.82, 2.24) is 0 Å². The Morgan fingerprint density at radius 3 is 1.04 bits per heavy atom. The lowest BCUT2D eigenvalue weighted by Crippen LogP contribution is -1.84. The standard InChI is InChI=1S/C24H46O2/c1-2-3-4-5-6-7-8-9-10-11-12-13-14-15-16-17-18-19-20-21-22-23-24(25)26-23/h25H,2-22H2,1H3. The third kappa shape index (κ3) is 15.6.